The van der Waals surface area contributed by atoms with Gasteiger partial charge in [-0.3, -0.25) is 4.79 Å². The second-order valence-corrected chi connectivity index (χ2v) is 5.83. The van der Waals surface area contributed by atoms with Crippen molar-refractivity contribution in [3.05, 3.63) is 47.1 Å². The number of benzene rings is 1. The van der Waals surface area contributed by atoms with Gasteiger partial charge < -0.3 is 10.0 Å². The predicted octanol–water partition coefficient (Wildman–Crippen LogP) is 3.46. The van der Waals surface area contributed by atoms with Crippen molar-refractivity contribution in [3.63, 3.8) is 0 Å². The molecule has 3 nitrogen and oxygen atoms in total. The summed E-state index contributed by atoms with van der Waals surface area (Å²) < 4.78 is 13.2. The van der Waals surface area contributed by atoms with Gasteiger partial charge in [-0.1, -0.05) is 12.1 Å². The van der Waals surface area contributed by atoms with Crippen LogP contribution in [0.2, 0.25) is 0 Å². The van der Waals surface area contributed by atoms with Crippen LogP contribution in [0.25, 0.3) is 10.4 Å². The fourth-order valence-corrected chi connectivity index (χ4v) is 2.98. The highest BCUT2D eigenvalue weighted by atomic mass is 32.1. The molecule has 0 amide bonds. The Labute approximate surface area is 121 Å². The monoisotopic (exact) mass is 293 g/mol. The van der Waals surface area contributed by atoms with Crippen LogP contribution in [-0.4, -0.2) is 29.6 Å². The number of hydrogen-bond acceptors (Lipinski definition) is 3. The highest BCUT2D eigenvalue weighted by Crippen LogP contribution is 2.29. The molecule has 0 spiro atoms. The third-order valence-corrected chi connectivity index (χ3v) is 4.02. The molecule has 20 heavy (non-hydrogen) atoms. The average Bonchev–Trinajstić information content (AvgIpc) is 2.85. The second-order valence-electron chi connectivity index (χ2n) is 4.66. The van der Waals surface area contributed by atoms with Crippen LogP contribution in [0.4, 0.5) is 4.39 Å². The quantitative estimate of drug-likeness (QED) is 0.886. The summed E-state index contributed by atoms with van der Waals surface area (Å²) in [6.07, 6.45) is 0.138. The molecular weight excluding hydrogens is 277 g/mol. The molecule has 1 aromatic heterocycles. The number of carboxylic acids is 1. The number of rotatable bonds is 6. The lowest BCUT2D eigenvalue weighted by atomic mass is 10.2. The van der Waals surface area contributed by atoms with E-state index in [4.69, 9.17) is 5.11 Å². The minimum absolute atomic E-state index is 0.138. The maximum Gasteiger partial charge on any atom is 0.304 e. The van der Waals surface area contributed by atoms with E-state index in [1.807, 2.05) is 30.1 Å². The molecule has 2 aromatic rings. The van der Waals surface area contributed by atoms with E-state index < -0.39 is 5.97 Å². The van der Waals surface area contributed by atoms with Crippen molar-refractivity contribution in [2.75, 3.05) is 13.6 Å². The lowest BCUT2D eigenvalue weighted by Crippen LogP contribution is -2.20. The Hall–Kier alpha value is -1.72. The first-order valence-corrected chi connectivity index (χ1v) is 7.11. The van der Waals surface area contributed by atoms with Crippen LogP contribution in [0.15, 0.2) is 36.4 Å². The van der Waals surface area contributed by atoms with E-state index in [1.165, 1.54) is 12.1 Å². The van der Waals surface area contributed by atoms with E-state index in [0.29, 0.717) is 13.1 Å². The van der Waals surface area contributed by atoms with Crippen molar-refractivity contribution in [2.24, 2.45) is 0 Å². The van der Waals surface area contributed by atoms with Gasteiger partial charge in [-0.05, 0) is 36.9 Å². The molecule has 0 aliphatic heterocycles. The summed E-state index contributed by atoms with van der Waals surface area (Å²) in [6.45, 7) is 1.22. The Morgan fingerprint density at radius 3 is 2.85 bits per heavy atom. The number of hydrogen-bond donors (Lipinski definition) is 1. The van der Waals surface area contributed by atoms with Gasteiger partial charge in [-0.15, -0.1) is 11.3 Å². The zero-order chi connectivity index (χ0) is 14.5. The van der Waals surface area contributed by atoms with E-state index in [9.17, 15) is 9.18 Å². The second kappa shape index (κ2) is 6.63. The lowest BCUT2D eigenvalue weighted by Gasteiger charge is -2.13. The van der Waals surface area contributed by atoms with Gasteiger partial charge in [0, 0.05) is 22.8 Å². The van der Waals surface area contributed by atoms with E-state index >= 15 is 0 Å². The molecule has 0 unspecified atom stereocenters. The van der Waals surface area contributed by atoms with Crippen LogP contribution < -0.4 is 0 Å². The van der Waals surface area contributed by atoms with E-state index in [-0.39, 0.29) is 12.2 Å². The molecule has 0 aliphatic carbocycles. The normalized spacial score (nSPS) is 10.9. The summed E-state index contributed by atoms with van der Waals surface area (Å²) in [6, 6.07) is 10.5. The fourth-order valence-electron chi connectivity index (χ4n) is 1.89. The van der Waals surface area contributed by atoms with Gasteiger partial charge in [-0.25, -0.2) is 4.39 Å². The molecule has 0 aliphatic rings. The predicted molar refractivity (Wildman–Crippen MR) is 78.3 cm³/mol. The average molecular weight is 293 g/mol. The topological polar surface area (TPSA) is 40.5 Å². The van der Waals surface area contributed by atoms with Crippen molar-refractivity contribution in [1.82, 2.24) is 4.90 Å². The van der Waals surface area contributed by atoms with Crippen molar-refractivity contribution < 1.29 is 14.3 Å². The summed E-state index contributed by atoms with van der Waals surface area (Å²) in [5.74, 6) is -1.03. The van der Waals surface area contributed by atoms with Crippen LogP contribution in [-0.2, 0) is 11.3 Å². The van der Waals surface area contributed by atoms with Gasteiger partial charge in [-0.2, -0.15) is 0 Å². The zero-order valence-corrected chi connectivity index (χ0v) is 12.0. The minimum atomic E-state index is -0.788. The molecule has 0 fully saturated rings. The highest BCUT2D eigenvalue weighted by Gasteiger charge is 2.07. The molecular formula is C15H16FNO2S. The van der Waals surface area contributed by atoms with Crippen LogP contribution in [0.3, 0.4) is 0 Å². The molecule has 0 radical (unpaired) electrons. The first-order valence-electron chi connectivity index (χ1n) is 6.29. The third-order valence-electron chi connectivity index (χ3n) is 2.90. The number of halogens is 1. The standard InChI is InChI=1S/C15H16FNO2S/c1-17(8-7-15(18)19)10-13-5-6-14(20-13)11-3-2-4-12(16)9-11/h2-6,9H,7-8,10H2,1H3,(H,18,19). The Morgan fingerprint density at radius 1 is 1.35 bits per heavy atom. The number of nitrogens with zero attached hydrogens (tertiary/aromatic N) is 1. The van der Waals surface area contributed by atoms with Gasteiger partial charge in [0.2, 0.25) is 0 Å². The number of thiophene rings is 1. The summed E-state index contributed by atoms with van der Waals surface area (Å²) in [7, 11) is 1.89. The first-order chi connectivity index (χ1) is 9.54. The Morgan fingerprint density at radius 2 is 2.15 bits per heavy atom. The molecule has 0 saturated carbocycles. The maximum atomic E-state index is 13.2. The molecule has 0 saturated heterocycles. The molecule has 2 rings (SSSR count). The van der Waals surface area contributed by atoms with Gasteiger partial charge in [0.05, 0.1) is 6.42 Å². The van der Waals surface area contributed by atoms with Crippen LogP contribution >= 0.6 is 11.3 Å². The van der Waals surface area contributed by atoms with Crippen LogP contribution in [0.1, 0.15) is 11.3 Å². The number of carbonyl (C=O) groups is 1. The molecule has 1 N–H and O–H groups in total. The van der Waals surface area contributed by atoms with E-state index in [1.54, 1.807) is 17.4 Å². The van der Waals surface area contributed by atoms with Crippen molar-refractivity contribution in [1.29, 1.82) is 0 Å². The van der Waals surface area contributed by atoms with Crippen LogP contribution in [0, 0.1) is 5.82 Å². The Bertz CT molecular complexity index is 597. The number of carboxylic acid groups (broad SMARTS) is 1. The summed E-state index contributed by atoms with van der Waals surface area (Å²) in [5.41, 5.74) is 0.870. The lowest BCUT2D eigenvalue weighted by molar-refractivity contribution is -0.137. The minimum Gasteiger partial charge on any atom is -0.481 e. The van der Waals surface area contributed by atoms with Gasteiger partial charge in [0.25, 0.3) is 0 Å². The van der Waals surface area contributed by atoms with E-state index in [0.717, 1.165) is 15.3 Å². The molecule has 0 bridgehead atoms. The van der Waals surface area contributed by atoms with Crippen molar-refractivity contribution in [2.45, 2.75) is 13.0 Å². The zero-order valence-electron chi connectivity index (χ0n) is 11.2. The number of aliphatic carboxylic acids is 1. The Kier molecular flexibility index (Phi) is 4.87. The summed E-state index contributed by atoms with van der Waals surface area (Å²) >= 11 is 1.60. The van der Waals surface area contributed by atoms with E-state index in [2.05, 4.69) is 0 Å². The molecule has 0 atom stereocenters. The van der Waals surface area contributed by atoms with Gasteiger partial charge in [0.15, 0.2) is 0 Å². The summed E-state index contributed by atoms with van der Waals surface area (Å²) in [5, 5.41) is 8.65. The highest BCUT2D eigenvalue weighted by molar-refractivity contribution is 7.15. The van der Waals surface area contributed by atoms with Gasteiger partial charge in [0.1, 0.15) is 5.82 Å². The summed E-state index contributed by atoms with van der Waals surface area (Å²) in [4.78, 5) is 14.6. The van der Waals surface area contributed by atoms with Gasteiger partial charge >= 0.3 is 5.97 Å². The fraction of sp³-hybridized carbons (Fsp3) is 0.267. The molecule has 5 heteroatoms. The SMILES string of the molecule is CN(CCC(=O)O)Cc1ccc(-c2cccc(F)c2)s1. The van der Waals surface area contributed by atoms with Crippen molar-refractivity contribution in [3.8, 4) is 10.4 Å². The maximum absolute atomic E-state index is 13.2. The van der Waals surface area contributed by atoms with Crippen molar-refractivity contribution >= 4 is 17.3 Å². The molecule has 1 aromatic carbocycles. The largest absolute Gasteiger partial charge is 0.481 e. The first kappa shape index (κ1) is 14.7. The molecule has 1 heterocycles. The molecule has 106 valence electrons. The smallest absolute Gasteiger partial charge is 0.304 e. The Balaban J connectivity index is 2.00. The third kappa shape index (κ3) is 4.15. The van der Waals surface area contributed by atoms with Crippen LogP contribution in [0.5, 0.6) is 0 Å².